The largest absolute Gasteiger partial charge is 0.508 e. The van der Waals surface area contributed by atoms with E-state index in [2.05, 4.69) is 5.10 Å². The van der Waals surface area contributed by atoms with Crippen molar-refractivity contribution in [2.45, 2.75) is 13.8 Å². The Hall–Kier alpha value is -3.48. The lowest BCUT2D eigenvalue weighted by Gasteiger charge is -2.08. The number of anilines is 1. The van der Waals surface area contributed by atoms with Crippen molar-refractivity contribution in [2.75, 3.05) is 5.73 Å². The number of phenolic OH excluding ortho intramolecular Hbond substituents is 1. The first kappa shape index (κ1) is 15.1. The molecule has 0 fully saturated rings. The van der Waals surface area contributed by atoms with Crippen LogP contribution in [0.5, 0.6) is 5.75 Å². The number of nitrogen functional groups attached to an aromatic ring is 1. The van der Waals surface area contributed by atoms with Crippen LogP contribution in [0.3, 0.4) is 0 Å². The number of furan rings is 1. The Kier molecular flexibility index (Phi) is 3.02. The van der Waals surface area contributed by atoms with E-state index in [4.69, 9.17) is 15.9 Å². The number of amides is 1. The number of carbonyl (C=O) groups is 1. The third-order valence-corrected chi connectivity index (χ3v) is 4.45. The average molecular weight is 336 g/mol. The maximum Gasteiger partial charge on any atom is 0.253 e. The summed E-state index contributed by atoms with van der Waals surface area (Å²) < 4.78 is 6.98. The van der Waals surface area contributed by atoms with Gasteiger partial charge >= 0.3 is 0 Å². The molecule has 4 rings (SSSR count). The Morgan fingerprint density at radius 3 is 2.76 bits per heavy atom. The van der Waals surface area contributed by atoms with Crippen LogP contribution in [-0.4, -0.2) is 20.6 Å². The lowest BCUT2D eigenvalue weighted by Crippen LogP contribution is -2.12. The Morgan fingerprint density at radius 1 is 1.28 bits per heavy atom. The van der Waals surface area contributed by atoms with E-state index in [9.17, 15) is 9.90 Å². The minimum absolute atomic E-state index is 0.0243. The Balaban J connectivity index is 2.21. The fourth-order valence-corrected chi connectivity index (χ4v) is 3.14. The van der Waals surface area contributed by atoms with E-state index >= 15 is 0 Å². The highest BCUT2D eigenvalue weighted by Gasteiger charge is 2.24. The second-order valence-electron chi connectivity index (χ2n) is 6.04. The summed E-state index contributed by atoms with van der Waals surface area (Å²) in [6.45, 7) is 3.77. The van der Waals surface area contributed by atoms with Crippen molar-refractivity contribution in [1.82, 2.24) is 9.61 Å². The molecule has 3 heterocycles. The lowest BCUT2D eigenvalue weighted by atomic mass is 10.0. The summed E-state index contributed by atoms with van der Waals surface area (Å²) in [4.78, 5) is 12.0. The SMILES string of the molecule is Cc1cc2c(C(N)=O)c(N)c(-c3cc(O)cc4occc34)n2nc1C. The molecule has 0 aliphatic rings. The van der Waals surface area contributed by atoms with E-state index in [1.165, 1.54) is 12.3 Å². The Bertz CT molecular complexity index is 1170. The molecular weight excluding hydrogens is 320 g/mol. The van der Waals surface area contributed by atoms with E-state index in [0.29, 0.717) is 22.4 Å². The molecule has 1 aromatic carbocycles. The molecule has 1 amide bonds. The van der Waals surface area contributed by atoms with Crippen LogP contribution in [0, 0.1) is 13.8 Å². The number of phenols is 1. The number of aromatic hydroxyl groups is 1. The van der Waals surface area contributed by atoms with E-state index < -0.39 is 5.91 Å². The molecule has 0 bridgehead atoms. The van der Waals surface area contributed by atoms with Gasteiger partial charge in [-0.15, -0.1) is 0 Å². The van der Waals surface area contributed by atoms with Gasteiger partial charge in [0.05, 0.1) is 34.4 Å². The lowest BCUT2D eigenvalue weighted by molar-refractivity contribution is 0.100. The Morgan fingerprint density at radius 2 is 2.04 bits per heavy atom. The van der Waals surface area contributed by atoms with Gasteiger partial charge in [-0.1, -0.05) is 0 Å². The number of hydrogen-bond acceptors (Lipinski definition) is 5. The van der Waals surface area contributed by atoms with Crippen LogP contribution in [-0.2, 0) is 0 Å². The number of fused-ring (bicyclic) bond motifs is 2. The second-order valence-corrected chi connectivity index (χ2v) is 6.04. The van der Waals surface area contributed by atoms with Gasteiger partial charge in [0.1, 0.15) is 11.3 Å². The molecule has 0 aliphatic heterocycles. The molecular formula is C18H16N4O3. The fraction of sp³-hybridized carbons (Fsp3) is 0.111. The van der Waals surface area contributed by atoms with Crippen LogP contribution in [0.15, 0.2) is 34.9 Å². The first-order chi connectivity index (χ1) is 11.9. The van der Waals surface area contributed by atoms with Crippen LogP contribution >= 0.6 is 0 Å². The summed E-state index contributed by atoms with van der Waals surface area (Å²) in [6, 6.07) is 6.69. The summed E-state index contributed by atoms with van der Waals surface area (Å²) >= 11 is 0. The highest BCUT2D eigenvalue weighted by atomic mass is 16.3. The van der Waals surface area contributed by atoms with E-state index in [-0.39, 0.29) is 17.0 Å². The summed E-state index contributed by atoms with van der Waals surface area (Å²) in [5.74, 6) is -0.605. The predicted molar refractivity (Wildman–Crippen MR) is 94.5 cm³/mol. The molecule has 0 radical (unpaired) electrons. The van der Waals surface area contributed by atoms with Gasteiger partial charge in [-0.2, -0.15) is 5.10 Å². The third-order valence-electron chi connectivity index (χ3n) is 4.45. The molecule has 0 saturated heterocycles. The van der Waals surface area contributed by atoms with Gasteiger partial charge in [0.2, 0.25) is 0 Å². The van der Waals surface area contributed by atoms with Gasteiger partial charge in [0.25, 0.3) is 5.91 Å². The van der Waals surface area contributed by atoms with Crippen molar-refractivity contribution in [1.29, 1.82) is 0 Å². The van der Waals surface area contributed by atoms with Gasteiger partial charge in [0.15, 0.2) is 0 Å². The number of nitrogens with two attached hydrogens (primary N) is 2. The molecule has 7 heteroatoms. The molecule has 0 spiro atoms. The third kappa shape index (κ3) is 2.06. The molecule has 0 atom stereocenters. The topological polar surface area (TPSA) is 120 Å². The minimum Gasteiger partial charge on any atom is -0.508 e. The van der Waals surface area contributed by atoms with Gasteiger partial charge in [-0.25, -0.2) is 4.52 Å². The highest BCUT2D eigenvalue weighted by Crippen LogP contribution is 2.39. The molecule has 0 unspecified atom stereocenters. The van der Waals surface area contributed by atoms with Crippen LogP contribution < -0.4 is 11.5 Å². The van der Waals surface area contributed by atoms with Crippen molar-refractivity contribution >= 4 is 28.1 Å². The van der Waals surface area contributed by atoms with E-state index in [1.54, 1.807) is 16.6 Å². The number of aryl methyl sites for hydroxylation is 2. The van der Waals surface area contributed by atoms with E-state index in [1.807, 2.05) is 19.9 Å². The zero-order valence-corrected chi connectivity index (χ0v) is 13.7. The number of rotatable bonds is 2. The molecule has 0 saturated carbocycles. The first-order valence-electron chi connectivity index (χ1n) is 7.67. The fourth-order valence-electron chi connectivity index (χ4n) is 3.14. The van der Waals surface area contributed by atoms with Crippen molar-refractivity contribution in [3.05, 3.63) is 47.3 Å². The molecule has 25 heavy (non-hydrogen) atoms. The quantitative estimate of drug-likeness (QED) is 0.520. The van der Waals surface area contributed by atoms with Gasteiger partial charge in [0, 0.05) is 17.0 Å². The van der Waals surface area contributed by atoms with Crippen molar-refractivity contribution < 1.29 is 14.3 Å². The maximum absolute atomic E-state index is 12.0. The number of aromatic nitrogens is 2. The van der Waals surface area contributed by atoms with Gasteiger partial charge in [-0.3, -0.25) is 4.79 Å². The molecule has 7 nitrogen and oxygen atoms in total. The highest BCUT2D eigenvalue weighted by molar-refractivity contribution is 6.11. The Labute approximate surface area is 142 Å². The zero-order chi connectivity index (χ0) is 17.9. The average Bonchev–Trinajstić information content (AvgIpc) is 3.09. The molecule has 4 aromatic rings. The van der Waals surface area contributed by atoms with Crippen molar-refractivity contribution in [2.24, 2.45) is 5.73 Å². The molecule has 5 N–H and O–H groups in total. The zero-order valence-electron chi connectivity index (χ0n) is 13.7. The summed E-state index contributed by atoms with van der Waals surface area (Å²) in [6.07, 6.45) is 1.53. The van der Waals surface area contributed by atoms with E-state index in [0.717, 1.165) is 16.6 Å². The number of nitrogens with zero attached hydrogens (tertiary/aromatic N) is 2. The summed E-state index contributed by atoms with van der Waals surface area (Å²) in [5, 5.41) is 15.3. The number of primary amides is 1. The molecule has 3 aromatic heterocycles. The van der Waals surface area contributed by atoms with Crippen molar-refractivity contribution in [3.63, 3.8) is 0 Å². The predicted octanol–water partition coefficient (Wildman–Crippen LogP) is 2.75. The monoisotopic (exact) mass is 336 g/mol. The van der Waals surface area contributed by atoms with Crippen LogP contribution in [0.2, 0.25) is 0 Å². The normalized spacial score (nSPS) is 11.4. The van der Waals surface area contributed by atoms with Crippen molar-refractivity contribution in [3.8, 4) is 17.0 Å². The maximum atomic E-state index is 12.0. The van der Waals surface area contributed by atoms with Crippen LogP contribution in [0.1, 0.15) is 21.6 Å². The standard InChI is InChI=1S/C18H16N4O3/c1-8-5-13-15(18(20)24)16(19)17(22(13)21-9(8)2)12-6-10(23)7-14-11(12)3-4-25-14/h3-7,23H,19H2,1-2H3,(H2,20,24). The van der Waals surface area contributed by atoms with Crippen LogP contribution in [0.4, 0.5) is 5.69 Å². The molecule has 0 aliphatic carbocycles. The summed E-state index contributed by atoms with van der Waals surface area (Å²) in [7, 11) is 0. The van der Waals surface area contributed by atoms with Gasteiger partial charge in [-0.05, 0) is 37.6 Å². The summed E-state index contributed by atoms with van der Waals surface area (Å²) in [5.41, 5.74) is 16.1. The number of benzene rings is 1. The smallest absolute Gasteiger partial charge is 0.253 e. The molecule has 126 valence electrons. The number of carbonyl (C=O) groups excluding carboxylic acids is 1. The first-order valence-corrected chi connectivity index (χ1v) is 7.67. The van der Waals surface area contributed by atoms with Crippen LogP contribution in [0.25, 0.3) is 27.7 Å². The second kappa shape index (κ2) is 5.01. The minimum atomic E-state index is -0.630. The number of hydrogen-bond donors (Lipinski definition) is 3. The van der Waals surface area contributed by atoms with Gasteiger partial charge < -0.3 is 21.0 Å².